The Hall–Kier alpha value is -0.450. The van der Waals surface area contributed by atoms with Gasteiger partial charge < -0.3 is 10.4 Å². The molecule has 0 bridgehead atoms. The van der Waals surface area contributed by atoms with Gasteiger partial charge in [-0.25, -0.2) is 4.98 Å². The summed E-state index contributed by atoms with van der Waals surface area (Å²) in [6, 6.07) is 0.475. The van der Waals surface area contributed by atoms with E-state index >= 15 is 0 Å². The largest absolute Gasteiger partial charge is 0.396 e. The molecule has 0 spiro atoms. The molecule has 1 fully saturated rings. The van der Waals surface area contributed by atoms with Gasteiger partial charge in [0.15, 0.2) is 0 Å². The molecule has 1 aliphatic rings. The van der Waals surface area contributed by atoms with Gasteiger partial charge in [-0.05, 0) is 25.7 Å². The fraction of sp³-hybridized carbons (Fsp3) is 0.750. The standard InChI is InChI=1S/C12H20N2OS/c1-9-8-16-12(14-9)6-13-11-5-3-2-4-10(11)7-15/h8,10-11,13,15H,2-7H2,1H3. The van der Waals surface area contributed by atoms with Crippen molar-refractivity contribution in [3.8, 4) is 0 Å². The van der Waals surface area contributed by atoms with Crippen LogP contribution >= 0.6 is 11.3 Å². The molecule has 2 rings (SSSR count). The highest BCUT2D eigenvalue weighted by Crippen LogP contribution is 2.24. The quantitative estimate of drug-likeness (QED) is 0.847. The van der Waals surface area contributed by atoms with Gasteiger partial charge in [0.05, 0.1) is 0 Å². The van der Waals surface area contributed by atoms with E-state index in [0.29, 0.717) is 18.6 Å². The van der Waals surface area contributed by atoms with Crippen LogP contribution in [0.3, 0.4) is 0 Å². The first-order valence-electron chi connectivity index (χ1n) is 6.05. The maximum atomic E-state index is 9.31. The van der Waals surface area contributed by atoms with E-state index in [9.17, 15) is 5.11 Å². The summed E-state index contributed by atoms with van der Waals surface area (Å²) in [5, 5.41) is 16.1. The zero-order chi connectivity index (χ0) is 11.4. The van der Waals surface area contributed by atoms with Crippen LogP contribution in [-0.4, -0.2) is 22.7 Å². The van der Waals surface area contributed by atoms with Gasteiger partial charge in [-0.15, -0.1) is 11.3 Å². The number of nitrogens with one attached hydrogen (secondary N) is 1. The van der Waals surface area contributed by atoms with Crippen molar-refractivity contribution in [2.75, 3.05) is 6.61 Å². The van der Waals surface area contributed by atoms with Crippen molar-refractivity contribution in [3.63, 3.8) is 0 Å². The van der Waals surface area contributed by atoms with Crippen molar-refractivity contribution in [2.45, 2.75) is 45.2 Å². The van der Waals surface area contributed by atoms with Gasteiger partial charge in [-0.1, -0.05) is 12.8 Å². The molecular formula is C12H20N2OS. The molecule has 0 aliphatic heterocycles. The minimum atomic E-state index is 0.314. The Balaban J connectivity index is 1.84. The van der Waals surface area contributed by atoms with Crippen LogP contribution in [0.25, 0.3) is 0 Å². The van der Waals surface area contributed by atoms with Gasteiger partial charge in [-0.2, -0.15) is 0 Å². The Morgan fingerprint density at radius 2 is 2.31 bits per heavy atom. The van der Waals surface area contributed by atoms with E-state index in [-0.39, 0.29) is 0 Å². The fourth-order valence-corrected chi connectivity index (χ4v) is 3.12. The highest BCUT2D eigenvalue weighted by molar-refractivity contribution is 7.09. The molecule has 2 N–H and O–H groups in total. The van der Waals surface area contributed by atoms with Crippen molar-refractivity contribution in [1.82, 2.24) is 10.3 Å². The van der Waals surface area contributed by atoms with Gasteiger partial charge in [0, 0.05) is 30.3 Å². The number of hydrogen-bond donors (Lipinski definition) is 2. The molecule has 0 aromatic carbocycles. The second kappa shape index (κ2) is 5.75. The molecule has 90 valence electrons. The number of aliphatic hydroxyl groups excluding tert-OH is 1. The number of hydrogen-bond acceptors (Lipinski definition) is 4. The molecule has 3 nitrogen and oxygen atoms in total. The van der Waals surface area contributed by atoms with Crippen molar-refractivity contribution in [3.05, 3.63) is 16.1 Å². The lowest BCUT2D eigenvalue weighted by Crippen LogP contribution is -2.39. The van der Waals surface area contributed by atoms with Gasteiger partial charge >= 0.3 is 0 Å². The van der Waals surface area contributed by atoms with Crippen LogP contribution in [0.1, 0.15) is 36.4 Å². The molecule has 4 heteroatoms. The molecule has 16 heavy (non-hydrogen) atoms. The van der Waals surface area contributed by atoms with Gasteiger partial charge in [0.25, 0.3) is 0 Å². The fourth-order valence-electron chi connectivity index (χ4n) is 2.40. The van der Waals surface area contributed by atoms with E-state index in [0.717, 1.165) is 23.7 Å². The van der Waals surface area contributed by atoms with E-state index in [2.05, 4.69) is 15.7 Å². The van der Waals surface area contributed by atoms with E-state index in [4.69, 9.17) is 0 Å². The number of thiazole rings is 1. The summed E-state index contributed by atoms with van der Waals surface area (Å²) in [5.41, 5.74) is 1.10. The van der Waals surface area contributed by atoms with E-state index in [1.807, 2.05) is 6.92 Å². The predicted octanol–water partition coefficient (Wildman–Crippen LogP) is 2.09. The highest BCUT2D eigenvalue weighted by atomic mass is 32.1. The minimum Gasteiger partial charge on any atom is -0.396 e. The summed E-state index contributed by atoms with van der Waals surface area (Å²) in [6.45, 7) is 3.19. The van der Waals surface area contributed by atoms with E-state index in [1.165, 1.54) is 19.3 Å². The Labute approximate surface area is 101 Å². The normalized spacial score (nSPS) is 25.9. The molecule has 2 atom stereocenters. The summed E-state index contributed by atoms with van der Waals surface area (Å²) >= 11 is 1.71. The molecule has 2 unspecified atom stereocenters. The Morgan fingerprint density at radius 1 is 1.50 bits per heavy atom. The lowest BCUT2D eigenvalue weighted by Gasteiger charge is -2.30. The zero-order valence-corrected chi connectivity index (χ0v) is 10.6. The summed E-state index contributed by atoms with van der Waals surface area (Å²) in [5.74, 6) is 0.440. The molecule has 0 amide bonds. The number of nitrogens with zero attached hydrogens (tertiary/aromatic N) is 1. The summed E-state index contributed by atoms with van der Waals surface area (Å²) in [4.78, 5) is 4.44. The molecule has 0 saturated heterocycles. The summed E-state index contributed by atoms with van der Waals surface area (Å²) < 4.78 is 0. The summed E-state index contributed by atoms with van der Waals surface area (Å²) in [6.07, 6.45) is 4.89. The molecule has 1 aromatic heterocycles. The number of aromatic nitrogens is 1. The molecule has 1 aliphatic carbocycles. The van der Waals surface area contributed by atoms with Crippen LogP contribution in [0.4, 0.5) is 0 Å². The first-order chi connectivity index (χ1) is 7.79. The number of rotatable bonds is 4. The molecule has 1 heterocycles. The van der Waals surface area contributed by atoms with Crippen LogP contribution in [0.15, 0.2) is 5.38 Å². The topological polar surface area (TPSA) is 45.1 Å². The lowest BCUT2D eigenvalue weighted by molar-refractivity contribution is 0.152. The van der Waals surface area contributed by atoms with Crippen LogP contribution in [0.2, 0.25) is 0 Å². The first-order valence-corrected chi connectivity index (χ1v) is 6.93. The average Bonchev–Trinajstić information content (AvgIpc) is 2.73. The predicted molar refractivity (Wildman–Crippen MR) is 66.5 cm³/mol. The Morgan fingerprint density at radius 3 is 3.00 bits per heavy atom. The molecule has 1 aromatic rings. The molecule has 0 radical (unpaired) electrons. The maximum absolute atomic E-state index is 9.31. The van der Waals surface area contributed by atoms with Crippen molar-refractivity contribution >= 4 is 11.3 Å². The van der Waals surface area contributed by atoms with Gasteiger partial charge in [0.2, 0.25) is 0 Å². The number of aryl methyl sites for hydroxylation is 1. The SMILES string of the molecule is Cc1csc(CNC2CCCCC2CO)n1. The molecule has 1 saturated carbocycles. The third-order valence-corrected chi connectivity index (χ3v) is 4.29. The molecular weight excluding hydrogens is 220 g/mol. The van der Waals surface area contributed by atoms with E-state index < -0.39 is 0 Å². The van der Waals surface area contributed by atoms with Crippen LogP contribution in [-0.2, 0) is 6.54 Å². The van der Waals surface area contributed by atoms with Gasteiger partial charge in [-0.3, -0.25) is 0 Å². The van der Waals surface area contributed by atoms with Crippen LogP contribution in [0.5, 0.6) is 0 Å². The zero-order valence-electron chi connectivity index (χ0n) is 9.78. The number of aliphatic hydroxyl groups is 1. The van der Waals surface area contributed by atoms with Crippen molar-refractivity contribution in [1.29, 1.82) is 0 Å². The maximum Gasteiger partial charge on any atom is 0.107 e. The van der Waals surface area contributed by atoms with Gasteiger partial charge in [0.1, 0.15) is 5.01 Å². The van der Waals surface area contributed by atoms with Crippen LogP contribution in [0, 0.1) is 12.8 Å². The third kappa shape index (κ3) is 3.03. The highest BCUT2D eigenvalue weighted by Gasteiger charge is 2.23. The average molecular weight is 240 g/mol. The minimum absolute atomic E-state index is 0.314. The Kier molecular flexibility index (Phi) is 4.32. The second-order valence-corrected chi connectivity index (χ2v) is 5.54. The smallest absolute Gasteiger partial charge is 0.107 e. The summed E-state index contributed by atoms with van der Waals surface area (Å²) in [7, 11) is 0. The van der Waals surface area contributed by atoms with Crippen LogP contribution < -0.4 is 5.32 Å². The van der Waals surface area contributed by atoms with Crippen molar-refractivity contribution in [2.24, 2.45) is 5.92 Å². The monoisotopic (exact) mass is 240 g/mol. The lowest BCUT2D eigenvalue weighted by atomic mass is 9.85. The van der Waals surface area contributed by atoms with Crippen molar-refractivity contribution < 1.29 is 5.11 Å². The first kappa shape index (κ1) is 12.0. The third-order valence-electron chi connectivity index (χ3n) is 3.33. The second-order valence-electron chi connectivity index (χ2n) is 4.60. The Bertz CT molecular complexity index is 327. The van der Waals surface area contributed by atoms with E-state index in [1.54, 1.807) is 11.3 Å².